The maximum Gasteiger partial charge on any atom is 0.219 e. The van der Waals surface area contributed by atoms with E-state index in [9.17, 15) is 0 Å². The fourth-order valence-electron chi connectivity index (χ4n) is 0.995. The predicted octanol–water partition coefficient (Wildman–Crippen LogP) is 1.47. The highest BCUT2D eigenvalue weighted by Gasteiger charge is 2.11. The summed E-state index contributed by atoms with van der Waals surface area (Å²) in [6.07, 6.45) is 2.72. The van der Waals surface area contributed by atoms with Gasteiger partial charge in [-0.15, -0.1) is 10.2 Å². The third-order valence-corrected chi connectivity index (χ3v) is 2.11. The van der Waals surface area contributed by atoms with Gasteiger partial charge in [-0.3, -0.25) is 0 Å². The molecule has 1 unspecified atom stereocenters. The lowest BCUT2D eigenvalue weighted by Crippen LogP contribution is -2.00. The van der Waals surface area contributed by atoms with Crippen LogP contribution in [0.4, 0.5) is 0 Å². The largest absolute Gasteiger partial charge is 0.425 e. The van der Waals surface area contributed by atoms with E-state index in [0.717, 1.165) is 25.2 Å². The molecule has 0 aliphatic heterocycles. The predicted molar refractivity (Wildman–Crippen MR) is 50.4 cm³/mol. The van der Waals surface area contributed by atoms with Crippen molar-refractivity contribution >= 4 is 0 Å². The van der Waals surface area contributed by atoms with Crippen molar-refractivity contribution in [1.29, 1.82) is 0 Å². The van der Waals surface area contributed by atoms with E-state index in [0.29, 0.717) is 18.4 Å². The Bertz CT molecular complexity index is 247. The number of aryl methyl sites for hydroxylation is 1. The third kappa shape index (κ3) is 2.81. The molecule has 0 saturated carbocycles. The summed E-state index contributed by atoms with van der Waals surface area (Å²) in [6, 6.07) is 0. The zero-order valence-electron chi connectivity index (χ0n) is 8.29. The molecule has 0 amide bonds. The molecule has 1 aromatic heterocycles. The minimum absolute atomic E-state index is 0.360. The second-order valence-electron chi connectivity index (χ2n) is 3.24. The van der Waals surface area contributed by atoms with E-state index in [1.165, 1.54) is 0 Å². The van der Waals surface area contributed by atoms with Crippen molar-refractivity contribution in [1.82, 2.24) is 10.2 Å². The van der Waals surface area contributed by atoms with E-state index < -0.39 is 0 Å². The Morgan fingerprint density at radius 1 is 1.46 bits per heavy atom. The molecular formula is C9H17N3O. The molecule has 74 valence electrons. The average Bonchev–Trinajstić information content (AvgIpc) is 2.62. The SMILES string of the molecule is CCC(C)c1nnc(CCCN)o1. The molecule has 13 heavy (non-hydrogen) atoms. The number of hydrogen-bond acceptors (Lipinski definition) is 4. The topological polar surface area (TPSA) is 64.9 Å². The van der Waals surface area contributed by atoms with Gasteiger partial charge in [0, 0.05) is 12.3 Å². The van der Waals surface area contributed by atoms with E-state index in [4.69, 9.17) is 10.2 Å². The Morgan fingerprint density at radius 3 is 2.85 bits per heavy atom. The number of aromatic nitrogens is 2. The molecule has 0 aliphatic rings. The third-order valence-electron chi connectivity index (χ3n) is 2.11. The zero-order valence-corrected chi connectivity index (χ0v) is 8.29. The highest BCUT2D eigenvalue weighted by Crippen LogP contribution is 2.16. The molecule has 1 rings (SSSR count). The van der Waals surface area contributed by atoms with Crippen LogP contribution in [0.2, 0.25) is 0 Å². The Labute approximate surface area is 78.5 Å². The van der Waals surface area contributed by atoms with Crippen LogP contribution in [0.3, 0.4) is 0 Å². The molecule has 0 aromatic carbocycles. The standard InChI is InChI=1S/C9H17N3O/c1-3-7(2)9-12-11-8(13-9)5-4-6-10/h7H,3-6,10H2,1-2H3. The minimum Gasteiger partial charge on any atom is -0.425 e. The molecule has 0 radical (unpaired) electrons. The summed E-state index contributed by atoms with van der Waals surface area (Å²) in [6.45, 7) is 4.86. The summed E-state index contributed by atoms with van der Waals surface area (Å²) in [5, 5.41) is 7.93. The second-order valence-corrected chi connectivity index (χ2v) is 3.24. The Hall–Kier alpha value is -0.900. The summed E-state index contributed by atoms with van der Waals surface area (Å²) in [5.41, 5.74) is 5.38. The molecule has 0 fully saturated rings. The normalized spacial score (nSPS) is 13.2. The van der Waals surface area contributed by atoms with Gasteiger partial charge in [-0.1, -0.05) is 13.8 Å². The van der Waals surface area contributed by atoms with Crippen LogP contribution >= 0.6 is 0 Å². The van der Waals surface area contributed by atoms with Crippen molar-refractivity contribution in [2.75, 3.05) is 6.54 Å². The summed E-state index contributed by atoms with van der Waals surface area (Å²) < 4.78 is 5.46. The van der Waals surface area contributed by atoms with E-state index in [1.807, 2.05) is 0 Å². The van der Waals surface area contributed by atoms with Crippen molar-refractivity contribution < 1.29 is 4.42 Å². The monoisotopic (exact) mass is 183 g/mol. The quantitative estimate of drug-likeness (QED) is 0.750. The van der Waals surface area contributed by atoms with Crippen molar-refractivity contribution in [2.24, 2.45) is 5.73 Å². The van der Waals surface area contributed by atoms with Crippen LogP contribution in [0.5, 0.6) is 0 Å². The number of nitrogens with two attached hydrogens (primary N) is 1. The number of nitrogens with zero attached hydrogens (tertiary/aromatic N) is 2. The van der Waals surface area contributed by atoms with Crippen LogP contribution in [0.25, 0.3) is 0 Å². The second kappa shape index (κ2) is 4.97. The van der Waals surface area contributed by atoms with Crippen LogP contribution in [0, 0.1) is 0 Å². The van der Waals surface area contributed by atoms with Crippen molar-refractivity contribution in [3.63, 3.8) is 0 Å². The summed E-state index contributed by atoms with van der Waals surface area (Å²) in [7, 11) is 0. The molecule has 4 nitrogen and oxygen atoms in total. The lowest BCUT2D eigenvalue weighted by molar-refractivity contribution is 0.417. The average molecular weight is 183 g/mol. The first-order chi connectivity index (χ1) is 6.27. The van der Waals surface area contributed by atoms with Gasteiger partial charge >= 0.3 is 0 Å². The van der Waals surface area contributed by atoms with E-state index in [2.05, 4.69) is 24.0 Å². The maximum absolute atomic E-state index is 5.46. The van der Waals surface area contributed by atoms with Crippen LogP contribution in [-0.2, 0) is 6.42 Å². The van der Waals surface area contributed by atoms with Crippen LogP contribution < -0.4 is 5.73 Å². The fraction of sp³-hybridized carbons (Fsp3) is 0.778. The molecule has 0 aliphatic carbocycles. The summed E-state index contributed by atoms with van der Waals surface area (Å²) in [4.78, 5) is 0. The summed E-state index contributed by atoms with van der Waals surface area (Å²) >= 11 is 0. The van der Waals surface area contributed by atoms with Gasteiger partial charge in [0.15, 0.2) is 0 Å². The summed E-state index contributed by atoms with van der Waals surface area (Å²) in [5.74, 6) is 1.81. The minimum atomic E-state index is 0.360. The first-order valence-electron chi connectivity index (χ1n) is 4.80. The van der Waals surface area contributed by atoms with Crippen molar-refractivity contribution in [2.45, 2.75) is 39.0 Å². The van der Waals surface area contributed by atoms with E-state index >= 15 is 0 Å². The van der Waals surface area contributed by atoms with Crippen molar-refractivity contribution in [3.05, 3.63) is 11.8 Å². The first kappa shape index (κ1) is 10.2. The van der Waals surface area contributed by atoms with Gasteiger partial charge in [0.05, 0.1) is 0 Å². The van der Waals surface area contributed by atoms with Gasteiger partial charge in [-0.05, 0) is 19.4 Å². The highest BCUT2D eigenvalue weighted by atomic mass is 16.4. The number of rotatable bonds is 5. The molecule has 4 heteroatoms. The van der Waals surface area contributed by atoms with E-state index in [-0.39, 0.29) is 0 Å². The maximum atomic E-state index is 5.46. The van der Waals surface area contributed by atoms with Crippen LogP contribution in [0.15, 0.2) is 4.42 Å². The fourth-order valence-corrected chi connectivity index (χ4v) is 0.995. The highest BCUT2D eigenvalue weighted by molar-refractivity contribution is 4.88. The lowest BCUT2D eigenvalue weighted by Gasteiger charge is -1.99. The van der Waals surface area contributed by atoms with Crippen LogP contribution in [0.1, 0.15) is 44.4 Å². The Balaban J connectivity index is 2.53. The first-order valence-corrected chi connectivity index (χ1v) is 4.80. The van der Waals surface area contributed by atoms with E-state index in [1.54, 1.807) is 0 Å². The molecular weight excluding hydrogens is 166 g/mol. The molecule has 1 heterocycles. The van der Waals surface area contributed by atoms with Gasteiger partial charge in [-0.25, -0.2) is 0 Å². The van der Waals surface area contributed by atoms with Gasteiger partial charge in [0.25, 0.3) is 0 Å². The molecule has 1 atom stereocenters. The zero-order chi connectivity index (χ0) is 9.68. The Kier molecular flexibility index (Phi) is 3.89. The van der Waals surface area contributed by atoms with Crippen LogP contribution in [-0.4, -0.2) is 16.7 Å². The Morgan fingerprint density at radius 2 is 2.23 bits per heavy atom. The molecule has 0 bridgehead atoms. The van der Waals surface area contributed by atoms with Crippen molar-refractivity contribution in [3.8, 4) is 0 Å². The number of hydrogen-bond donors (Lipinski definition) is 1. The molecule has 2 N–H and O–H groups in total. The van der Waals surface area contributed by atoms with Gasteiger partial charge in [0.2, 0.25) is 11.8 Å². The molecule has 0 saturated heterocycles. The lowest BCUT2D eigenvalue weighted by atomic mass is 10.1. The van der Waals surface area contributed by atoms with Gasteiger partial charge < -0.3 is 10.2 Å². The molecule has 1 aromatic rings. The van der Waals surface area contributed by atoms with Gasteiger partial charge in [0.1, 0.15) is 0 Å². The molecule has 0 spiro atoms. The smallest absolute Gasteiger partial charge is 0.219 e. The van der Waals surface area contributed by atoms with Gasteiger partial charge in [-0.2, -0.15) is 0 Å².